The smallest absolute Gasteiger partial charge is 0.335 e. The molecule has 1 N–H and O–H groups in total. The van der Waals surface area contributed by atoms with E-state index in [1.165, 1.54) is 57.8 Å². The average molecular weight is 419 g/mol. The summed E-state index contributed by atoms with van der Waals surface area (Å²) in [6.45, 7) is 7.20. The van der Waals surface area contributed by atoms with Gasteiger partial charge in [0.2, 0.25) is 0 Å². The summed E-state index contributed by atoms with van der Waals surface area (Å²) >= 11 is 0. The van der Waals surface area contributed by atoms with E-state index in [1.54, 1.807) is 18.2 Å². The van der Waals surface area contributed by atoms with E-state index in [4.69, 9.17) is 9.47 Å². The predicted molar refractivity (Wildman–Crippen MR) is 125 cm³/mol. The fourth-order valence-electron chi connectivity index (χ4n) is 3.39. The van der Waals surface area contributed by atoms with Gasteiger partial charge < -0.3 is 14.6 Å². The summed E-state index contributed by atoms with van der Waals surface area (Å²) in [5.41, 5.74) is 0.233. The highest BCUT2D eigenvalue weighted by Crippen LogP contribution is 2.29. The number of carboxylic acids is 1. The summed E-state index contributed by atoms with van der Waals surface area (Å²) in [6, 6.07) is 4.88. The molecule has 1 rings (SSSR count). The predicted octanol–water partition coefficient (Wildman–Crippen LogP) is 7.81. The number of aromatic carboxylic acids is 1. The Labute approximate surface area is 183 Å². The molecule has 0 unspecified atom stereocenters. The third-order valence-corrected chi connectivity index (χ3v) is 5.26. The third-order valence-electron chi connectivity index (χ3n) is 5.26. The van der Waals surface area contributed by atoms with E-state index in [0.717, 1.165) is 32.1 Å². The third kappa shape index (κ3) is 12.6. The van der Waals surface area contributed by atoms with Crippen molar-refractivity contribution in [3.05, 3.63) is 36.4 Å². The first kappa shape index (κ1) is 26.1. The number of hydrogen-bond acceptors (Lipinski definition) is 3. The van der Waals surface area contributed by atoms with Crippen molar-refractivity contribution in [3.8, 4) is 11.5 Å². The number of ether oxygens (including phenoxy) is 2. The molecule has 1 aromatic rings. The van der Waals surface area contributed by atoms with Crippen LogP contribution < -0.4 is 9.47 Å². The number of hydrogen-bond donors (Lipinski definition) is 1. The standard InChI is InChI=1S/C26H42O4/c1-3-5-7-9-11-12-13-15-17-21-30-25-22-23(26(27)28)18-19-24(25)29-20-16-14-10-8-6-4-2/h3,18-19,22H,1,4-17,20-21H2,2H3,(H,27,28). The topological polar surface area (TPSA) is 55.8 Å². The Balaban J connectivity index is 2.32. The van der Waals surface area contributed by atoms with E-state index >= 15 is 0 Å². The highest BCUT2D eigenvalue weighted by Gasteiger charge is 2.11. The Kier molecular flexibility index (Phi) is 15.5. The molecule has 170 valence electrons. The molecule has 0 spiro atoms. The zero-order valence-corrected chi connectivity index (χ0v) is 19.0. The molecule has 0 radical (unpaired) electrons. The minimum Gasteiger partial charge on any atom is -0.490 e. The molecule has 4 heteroatoms. The van der Waals surface area contributed by atoms with Crippen LogP contribution >= 0.6 is 0 Å². The molecular weight excluding hydrogens is 376 g/mol. The summed E-state index contributed by atoms with van der Waals surface area (Å²) in [6.07, 6.45) is 18.8. The fourth-order valence-corrected chi connectivity index (χ4v) is 3.39. The number of unbranched alkanes of at least 4 members (excludes halogenated alkanes) is 12. The molecule has 30 heavy (non-hydrogen) atoms. The van der Waals surface area contributed by atoms with E-state index in [9.17, 15) is 9.90 Å². The highest BCUT2D eigenvalue weighted by molar-refractivity contribution is 5.88. The van der Waals surface area contributed by atoms with Gasteiger partial charge in [-0.05, 0) is 43.9 Å². The van der Waals surface area contributed by atoms with E-state index < -0.39 is 5.97 Å². The monoisotopic (exact) mass is 418 g/mol. The maximum absolute atomic E-state index is 11.3. The number of carbonyl (C=O) groups is 1. The van der Waals surface area contributed by atoms with Gasteiger partial charge in [-0.3, -0.25) is 0 Å². The van der Waals surface area contributed by atoms with Gasteiger partial charge in [0.25, 0.3) is 0 Å². The molecular formula is C26H42O4. The second-order valence-electron chi connectivity index (χ2n) is 7.98. The molecule has 0 aromatic heterocycles. The molecule has 0 aliphatic carbocycles. The maximum atomic E-state index is 11.3. The van der Waals surface area contributed by atoms with Gasteiger partial charge in [-0.1, -0.05) is 77.2 Å². The van der Waals surface area contributed by atoms with E-state index in [2.05, 4.69) is 13.5 Å². The summed E-state index contributed by atoms with van der Waals surface area (Å²) in [5, 5.41) is 9.26. The molecule has 0 saturated carbocycles. The van der Waals surface area contributed by atoms with Gasteiger partial charge in [-0.25, -0.2) is 4.79 Å². The fraction of sp³-hybridized carbons (Fsp3) is 0.654. The molecule has 0 aliphatic rings. The van der Waals surface area contributed by atoms with Crippen LogP contribution in [0, 0.1) is 0 Å². The van der Waals surface area contributed by atoms with Gasteiger partial charge in [0, 0.05) is 0 Å². The zero-order chi connectivity index (χ0) is 21.9. The molecule has 0 amide bonds. The maximum Gasteiger partial charge on any atom is 0.335 e. The van der Waals surface area contributed by atoms with Crippen LogP contribution in [0.15, 0.2) is 30.9 Å². The molecule has 0 heterocycles. The Morgan fingerprint density at radius 3 is 1.93 bits per heavy atom. The normalized spacial score (nSPS) is 10.7. The lowest BCUT2D eigenvalue weighted by Gasteiger charge is -2.13. The molecule has 0 saturated heterocycles. The molecule has 1 aromatic carbocycles. The van der Waals surface area contributed by atoms with Crippen molar-refractivity contribution in [2.24, 2.45) is 0 Å². The van der Waals surface area contributed by atoms with Crippen LogP contribution in [0.1, 0.15) is 107 Å². The van der Waals surface area contributed by atoms with Crippen LogP contribution in [0.25, 0.3) is 0 Å². The lowest BCUT2D eigenvalue weighted by Crippen LogP contribution is -2.05. The van der Waals surface area contributed by atoms with Crippen molar-refractivity contribution < 1.29 is 19.4 Å². The number of allylic oxidation sites excluding steroid dienone is 1. The van der Waals surface area contributed by atoms with Crippen molar-refractivity contribution in [1.82, 2.24) is 0 Å². The molecule has 0 bridgehead atoms. The zero-order valence-electron chi connectivity index (χ0n) is 19.0. The Hall–Kier alpha value is -1.97. The van der Waals surface area contributed by atoms with Crippen molar-refractivity contribution in [1.29, 1.82) is 0 Å². The summed E-state index contributed by atoms with van der Waals surface area (Å²) < 4.78 is 11.8. The summed E-state index contributed by atoms with van der Waals surface area (Å²) in [4.78, 5) is 11.3. The van der Waals surface area contributed by atoms with E-state index in [1.807, 2.05) is 6.08 Å². The largest absolute Gasteiger partial charge is 0.490 e. The van der Waals surface area contributed by atoms with Gasteiger partial charge in [0.05, 0.1) is 18.8 Å². The SMILES string of the molecule is C=CCCCCCCCCCOc1cc(C(=O)O)ccc1OCCCCCCCC. The Morgan fingerprint density at radius 2 is 1.37 bits per heavy atom. The number of carboxylic acid groups (broad SMARTS) is 1. The Morgan fingerprint density at radius 1 is 0.833 bits per heavy atom. The lowest BCUT2D eigenvalue weighted by atomic mass is 10.1. The second kappa shape index (κ2) is 17.9. The van der Waals surface area contributed by atoms with Gasteiger partial charge >= 0.3 is 5.97 Å². The minimum absolute atomic E-state index is 0.233. The van der Waals surface area contributed by atoms with Crippen LogP contribution in [0.2, 0.25) is 0 Å². The number of benzene rings is 1. The average Bonchev–Trinajstić information content (AvgIpc) is 2.75. The Bertz CT molecular complexity index is 582. The summed E-state index contributed by atoms with van der Waals surface area (Å²) in [7, 11) is 0. The molecule has 0 fully saturated rings. The quantitative estimate of drug-likeness (QED) is 0.173. The first-order valence-corrected chi connectivity index (χ1v) is 11.9. The second-order valence-corrected chi connectivity index (χ2v) is 7.98. The van der Waals surface area contributed by atoms with Crippen molar-refractivity contribution in [2.45, 2.75) is 96.8 Å². The molecule has 0 atom stereocenters. The van der Waals surface area contributed by atoms with Crippen molar-refractivity contribution in [2.75, 3.05) is 13.2 Å². The van der Waals surface area contributed by atoms with Gasteiger partial charge in [0.15, 0.2) is 11.5 Å². The first-order valence-electron chi connectivity index (χ1n) is 11.9. The van der Waals surface area contributed by atoms with Crippen molar-refractivity contribution >= 4 is 5.97 Å². The van der Waals surface area contributed by atoms with Gasteiger partial charge in [-0.15, -0.1) is 6.58 Å². The van der Waals surface area contributed by atoms with Crippen LogP contribution in [0.5, 0.6) is 11.5 Å². The first-order chi connectivity index (χ1) is 14.7. The van der Waals surface area contributed by atoms with Crippen LogP contribution in [0.3, 0.4) is 0 Å². The molecule has 4 nitrogen and oxygen atoms in total. The van der Waals surface area contributed by atoms with E-state index in [0.29, 0.717) is 24.7 Å². The van der Waals surface area contributed by atoms with E-state index in [-0.39, 0.29) is 5.56 Å². The van der Waals surface area contributed by atoms with Crippen LogP contribution in [0.4, 0.5) is 0 Å². The van der Waals surface area contributed by atoms with Crippen molar-refractivity contribution in [3.63, 3.8) is 0 Å². The molecule has 0 aliphatic heterocycles. The number of rotatable bonds is 20. The minimum atomic E-state index is -0.946. The lowest BCUT2D eigenvalue weighted by molar-refractivity contribution is 0.0696. The highest BCUT2D eigenvalue weighted by atomic mass is 16.5. The summed E-state index contributed by atoms with van der Waals surface area (Å²) in [5.74, 6) is 0.250. The van der Waals surface area contributed by atoms with Crippen LogP contribution in [-0.2, 0) is 0 Å². The van der Waals surface area contributed by atoms with Crippen LogP contribution in [-0.4, -0.2) is 24.3 Å². The van der Waals surface area contributed by atoms with Gasteiger partial charge in [0.1, 0.15) is 0 Å². The van der Waals surface area contributed by atoms with Gasteiger partial charge in [-0.2, -0.15) is 0 Å².